The highest BCUT2D eigenvalue weighted by atomic mass is 35.5. The third-order valence-electron chi connectivity index (χ3n) is 6.01. The lowest BCUT2D eigenvalue weighted by molar-refractivity contribution is -0.154. The molecule has 0 radical (unpaired) electrons. The Labute approximate surface area is 200 Å². The summed E-state index contributed by atoms with van der Waals surface area (Å²) in [5.74, 6) is 1.01. The molecule has 0 spiro atoms. The minimum Gasteiger partial charge on any atom is -0.367 e. The molecule has 1 amide bonds. The van der Waals surface area contributed by atoms with E-state index in [0.29, 0.717) is 24.7 Å². The molecule has 0 saturated carbocycles. The molecule has 3 aromatic rings. The van der Waals surface area contributed by atoms with E-state index in [1.807, 2.05) is 47.4 Å². The van der Waals surface area contributed by atoms with Crippen molar-refractivity contribution in [1.82, 2.24) is 14.5 Å². The lowest BCUT2D eigenvalue weighted by Gasteiger charge is -2.39. The molecule has 2 atom stereocenters. The number of aromatic nitrogens is 2. The van der Waals surface area contributed by atoms with Gasteiger partial charge in [0.15, 0.2) is 0 Å². The van der Waals surface area contributed by atoms with Crippen molar-refractivity contribution in [2.45, 2.75) is 39.0 Å². The van der Waals surface area contributed by atoms with Crippen LogP contribution >= 0.6 is 11.6 Å². The summed E-state index contributed by atoms with van der Waals surface area (Å²) in [4.78, 5) is 20.0. The van der Waals surface area contributed by atoms with Crippen LogP contribution in [0.25, 0.3) is 11.3 Å². The van der Waals surface area contributed by atoms with Crippen LogP contribution in [0.4, 0.5) is 0 Å². The maximum atomic E-state index is 13.0. The van der Waals surface area contributed by atoms with E-state index in [1.54, 1.807) is 0 Å². The van der Waals surface area contributed by atoms with Crippen molar-refractivity contribution in [2.75, 3.05) is 19.7 Å². The lowest BCUT2D eigenvalue weighted by Crippen LogP contribution is -2.50. The van der Waals surface area contributed by atoms with Crippen LogP contribution in [0.15, 0.2) is 60.8 Å². The molecule has 6 nitrogen and oxygen atoms in total. The van der Waals surface area contributed by atoms with Crippen LogP contribution in [0.5, 0.6) is 0 Å². The average molecular weight is 467 g/mol. The van der Waals surface area contributed by atoms with Crippen molar-refractivity contribution in [3.05, 3.63) is 77.2 Å². The maximum absolute atomic E-state index is 13.0. The highest BCUT2D eigenvalue weighted by Gasteiger charge is 2.36. The van der Waals surface area contributed by atoms with Gasteiger partial charge in [0.1, 0.15) is 12.4 Å². The van der Waals surface area contributed by atoms with Gasteiger partial charge >= 0.3 is 0 Å². The van der Waals surface area contributed by atoms with Crippen LogP contribution in [-0.2, 0) is 16.1 Å². The molecule has 174 valence electrons. The van der Waals surface area contributed by atoms with E-state index in [2.05, 4.69) is 36.7 Å². The molecule has 2 aromatic carbocycles. The zero-order chi connectivity index (χ0) is 23.4. The molecule has 1 aromatic heterocycles. The molecule has 1 aliphatic rings. The van der Waals surface area contributed by atoms with E-state index in [1.165, 1.54) is 5.56 Å². The summed E-state index contributed by atoms with van der Waals surface area (Å²) in [6.07, 6.45) is 2.73. The summed E-state index contributed by atoms with van der Waals surface area (Å²) in [6.45, 7) is 6.05. The molecule has 1 saturated heterocycles. The highest BCUT2D eigenvalue weighted by molar-refractivity contribution is 6.30. The van der Waals surface area contributed by atoms with Crippen molar-refractivity contribution in [1.29, 1.82) is 0 Å². The second-order valence-corrected chi connectivity index (χ2v) is 9.29. The predicted molar refractivity (Wildman–Crippen MR) is 131 cm³/mol. The van der Waals surface area contributed by atoms with Crippen LogP contribution in [0.2, 0.25) is 5.02 Å². The van der Waals surface area contributed by atoms with E-state index >= 15 is 0 Å². The first-order valence-corrected chi connectivity index (χ1v) is 11.8. The minimum atomic E-state index is -0.182. The zero-order valence-electron chi connectivity index (χ0n) is 19.2. The van der Waals surface area contributed by atoms with Gasteiger partial charge in [0, 0.05) is 29.9 Å². The van der Waals surface area contributed by atoms with E-state index in [9.17, 15) is 4.79 Å². The summed E-state index contributed by atoms with van der Waals surface area (Å²) in [5, 5.41) is 0.667. The van der Waals surface area contributed by atoms with E-state index in [-0.39, 0.29) is 30.6 Å². The molecule has 0 unspecified atom stereocenters. The number of halogens is 1. The number of carbonyl (C=O) groups is 1. The van der Waals surface area contributed by atoms with Crippen LogP contribution in [0, 0.1) is 5.92 Å². The summed E-state index contributed by atoms with van der Waals surface area (Å²) in [5.41, 5.74) is 8.73. The molecule has 2 heterocycles. The second kappa shape index (κ2) is 10.5. The number of imidazole rings is 1. The van der Waals surface area contributed by atoms with Crippen LogP contribution in [0.3, 0.4) is 0 Å². The van der Waals surface area contributed by atoms with E-state index in [4.69, 9.17) is 27.1 Å². The van der Waals surface area contributed by atoms with Gasteiger partial charge in [-0.05, 0) is 36.6 Å². The zero-order valence-corrected chi connectivity index (χ0v) is 19.9. The van der Waals surface area contributed by atoms with Gasteiger partial charge in [0.25, 0.3) is 0 Å². The topological polar surface area (TPSA) is 73.4 Å². The number of nitrogens with two attached hydrogens (primary N) is 1. The first-order valence-electron chi connectivity index (χ1n) is 11.4. The molecular weight excluding hydrogens is 436 g/mol. The molecule has 0 bridgehead atoms. The van der Waals surface area contributed by atoms with Crippen molar-refractivity contribution >= 4 is 17.5 Å². The predicted octanol–water partition coefficient (Wildman–Crippen LogP) is 4.53. The monoisotopic (exact) mass is 466 g/mol. The quantitative estimate of drug-likeness (QED) is 0.529. The van der Waals surface area contributed by atoms with Gasteiger partial charge in [-0.3, -0.25) is 4.79 Å². The van der Waals surface area contributed by atoms with Crippen molar-refractivity contribution in [3.63, 3.8) is 0 Å². The van der Waals surface area contributed by atoms with Crippen LogP contribution < -0.4 is 5.73 Å². The molecule has 1 fully saturated rings. The number of hydrogen-bond acceptors (Lipinski definition) is 4. The second-order valence-electron chi connectivity index (χ2n) is 8.85. The Bertz CT molecular complexity index is 1080. The summed E-state index contributed by atoms with van der Waals surface area (Å²) in [7, 11) is 0. The highest BCUT2D eigenvalue weighted by Crippen LogP contribution is 2.33. The largest absolute Gasteiger partial charge is 0.367 e. The van der Waals surface area contributed by atoms with E-state index < -0.39 is 0 Å². The fourth-order valence-electron chi connectivity index (χ4n) is 4.43. The standard InChI is InChI=1S/C26H31ClN4O2/c1-18(2)25(31-15-22(11-12-28)33-17-24(31)32)26-29-23(20-9-6-10-21(27)13-20)16-30(26)14-19-7-4-3-5-8-19/h3-10,13,16,18,22,25H,11-12,14-15,17,28H2,1-2H3/t22-,25-/m1/s1. The number of hydrogen-bond donors (Lipinski definition) is 1. The number of carbonyl (C=O) groups excluding carboxylic acids is 1. The number of benzene rings is 2. The Morgan fingerprint density at radius 1 is 1.18 bits per heavy atom. The Morgan fingerprint density at radius 2 is 1.97 bits per heavy atom. The molecular formula is C26H31ClN4O2. The fraction of sp³-hybridized carbons (Fsp3) is 0.385. The van der Waals surface area contributed by atoms with Gasteiger partial charge in [0.05, 0.1) is 17.8 Å². The number of rotatable bonds is 8. The van der Waals surface area contributed by atoms with Crippen molar-refractivity contribution < 1.29 is 9.53 Å². The van der Waals surface area contributed by atoms with Gasteiger partial charge in [0.2, 0.25) is 5.91 Å². The summed E-state index contributed by atoms with van der Waals surface area (Å²) >= 11 is 6.26. The van der Waals surface area contributed by atoms with Crippen molar-refractivity contribution in [2.24, 2.45) is 11.7 Å². The Kier molecular flexibility index (Phi) is 7.48. The average Bonchev–Trinajstić information content (AvgIpc) is 3.20. The van der Waals surface area contributed by atoms with E-state index in [0.717, 1.165) is 23.5 Å². The fourth-order valence-corrected chi connectivity index (χ4v) is 4.62. The maximum Gasteiger partial charge on any atom is 0.249 e. The molecule has 1 aliphatic heterocycles. The van der Waals surface area contributed by atoms with Gasteiger partial charge in [-0.2, -0.15) is 0 Å². The van der Waals surface area contributed by atoms with Gasteiger partial charge < -0.3 is 19.9 Å². The molecule has 4 rings (SSSR count). The summed E-state index contributed by atoms with van der Waals surface area (Å²) < 4.78 is 7.89. The minimum absolute atomic E-state index is 0.0134. The molecule has 2 N–H and O–H groups in total. The number of morpholine rings is 1. The number of ether oxygens (including phenoxy) is 1. The van der Waals surface area contributed by atoms with Crippen LogP contribution in [0.1, 0.15) is 37.7 Å². The normalized spacial score (nSPS) is 17.5. The third-order valence-corrected chi connectivity index (χ3v) is 6.24. The number of amides is 1. The Hall–Kier alpha value is -2.67. The lowest BCUT2D eigenvalue weighted by atomic mass is 9.99. The van der Waals surface area contributed by atoms with Gasteiger partial charge in [-0.15, -0.1) is 0 Å². The first-order chi connectivity index (χ1) is 16.0. The Balaban J connectivity index is 1.77. The summed E-state index contributed by atoms with van der Waals surface area (Å²) in [6, 6.07) is 17.8. The smallest absolute Gasteiger partial charge is 0.249 e. The van der Waals surface area contributed by atoms with Gasteiger partial charge in [-0.25, -0.2) is 4.98 Å². The Morgan fingerprint density at radius 3 is 2.67 bits per heavy atom. The van der Waals surface area contributed by atoms with Crippen LogP contribution in [-0.4, -0.2) is 46.2 Å². The molecule has 33 heavy (non-hydrogen) atoms. The molecule has 7 heteroatoms. The number of nitrogens with zero attached hydrogens (tertiary/aromatic N) is 3. The third kappa shape index (κ3) is 5.46. The van der Waals surface area contributed by atoms with Gasteiger partial charge in [-0.1, -0.05) is 67.9 Å². The first kappa shape index (κ1) is 23.5. The molecule has 0 aliphatic carbocycles. The SMILES string of the molecule is CC(C)[C@H](c1nc(-c2cccc(Cl)c2)cn1Cc1ccccc1)N1C[C@@H](CCN)OCC1=O. The van der Waals surface area contributed by atoms with Crippen molar-refractivity contribution in [3.8, 4) is 11.3 Å².